The Hall–Kier alpha value is -2.49. The second-order valence-electron chi connectivity index (χ2n) is 5.58. The summed E-state index contributed by atoms with van der Waals surface area (Å²) in [5, 5.41) is 0. The standard InChI is InChI=1S/C18H19NO3/c1-11-5-7-15(8-6-11)16(21)10-19-13(3)9-12(2)17(14(4)20)18(19)22/h5-9H,10H2,1-4H3. The Kier molecular flexibility index (Phi) is 4.40. The lowest BCUT2D eigenvalue weighted by Gasteiger charge is -2.13. The van der Waals surface area contributed by atoms with Crippen LogP contribution in [0, 0.1) is 20.8 Å². The van der Waals surface area contributed by atoms with Gasteiger partial charge >= 0.3 is 0 Å². The number of Topliss-reactive ketones (excluding diaryl/α,β-unsaturated/α-hetero) is 2. The van der Waals surface area contributed by atoms with Crippen LogP contribution in [0.1, 0.15) is 44.5 Å². The second kappa shape index (κ2) is 6.10. The van der Waals surface area contributed by atoms with E-state index in [-0.39, 0.29) is 23.7 Å². The number of aromatic nitrogens is 1. The highest BCUT2D eigenvalue weighted by atomic mass is 16.2. The number of hydrogen-bond acceptors (Lipinski definition) is 3. The third-order valence-electron chi connectivity index (χ3n) is 3.73. The summed E-state index contributed by atoms with van der Waals surface area (Å²) in [5.41, 5.74) is 2.70. The molecule has 114 valence electrons. The molecule has 0 fully saturated rings. The zero-order valence-electron chi connectivity index (χ0n) is 13.3. The molecule has 0 spiro atoms. The van der Waals surface area contributed by atoms with Crippen molar-refractivity contribution < 1.29 is 9.59 Å². The van der Waals surface area contributed by atoms with Gasteiger partial charge in [-0.1, -0.05) is 29.8 Å². The molecule has 0 aliphatic heterocycles. The summed E-state index contributed by atoms with van der Waals surface area (Å²) < 4.78 is 1.37. The van der Waals surface area contributed by atoms with Gasteiger partial charge in [0.15, 0.2) is 11.6 Å². The maximum Gasteiger partial charge on any atom is 0.262 e. The third-order valence-corrected chi connectivity index (χ3v) is 3.73. The number of carbonyl (C=O) groups is 2. The fourth-order valence-corrected chi connectivity index (χ4v) is 2.53. The highest BCUT2D eigenvalue weighted by Gasteiger charge is 2.16. The van der Waals surface area contributed by atoms with Crippen molar-refractivity contribution in [1.29, 1.82) is 0 Å². The highest BCUT2D eigenvalue weighted by molar-refractivity contribution is 5.97. The van der Waals surface area contributed by atoms with Gasteiger partial charge in [-0.3, -0.25) is 14.4 Å². The molecule has 4 heteroatoms. The molecule has 0 atom stereocenters. The Bertz CT molecular complexity index is 798. The second-order valence-corrected chi connectivity index (χ2v) is 5.58. The molecule has 2 rings (SSSR count). The van der Waals surface area contributed by atoms with Crippen molar-refractivity contribution in [3.8, 4) is 0 Å². The zero-order valence-corrected chi connectivity index (χ0v) is 13.3. The monoisotopic (exact) mass is 297 g/mol. The first-order chi connectivity index (χ1) is 10.3. The summed E-state index contributed by atoms with van der Waals surface area (Å²) >= 11 is 0. The fourth-order valence-electron chi connectivity index (χ4n) is 2.53. The van der Waals surface area contributed by atoms with E-state index in [9.17, 15) is 14.4 Å². The minimum absolute atomic E-state index is 0.0612. The minimum Gasteiger partial charge on any atom is -0.304 e. The quantitative estimate of drug-likeness (QED) is 0.815. The lowest BCUT2D eigenvalue weighted by molar-refractivity contribution is 0.0964. The maximum atomic E-state index is 12.5. The number of benzene rings is 1. The van der Waals surface area contributed by atoms with Gasteiger partial charge in [-0.2, -0.15) is 0 Å². The van der Waals surface area contributed by atoms with Crippen molar-refractivity contribution >= 4 is 11.6 Å². The first-order valence-corrected chi connectivity index (χ1v) is 7.13. The summed E-state index contributed by atoms with van der Waals surface area (Å²) in [6.45, 7) is 6.75. The molecule has 0 radical (unpaired) electrons. The lowest BCUT2D eigenvalue weighted by Crippen LogP contribution is -2.31. The summed E-state index contributed by atoms with van der Waals surface area (Å²) in [6.07, 6.45) is 0. The molecular formula is C18H19NO3. The van der Waals surface area contributed by atoms with Crippen molar-refractivity contribution in [1.82, 2.24) is 4.57 Å². The van der Waals surface area contributed by atoms with Crippen molar-refractivity contribution in [2.45, 2.75) is 34.2 Å². The van der Waals surface area contributed by atoms with Crippen molar-refractivity contribution in [3.05, 3.63) is 68.6 Å². The van der Waals surface area contributed by atoms with Gasteiger partial charge in [0, 0.05) is 11.3 Å². The molecule has 0 aliphatic rings. The molecule has 0 saturated heterocycles. The summed E-state index contributed by atoms with van der Waals surface area (Å²) in [4.78, 5) is 36.5. The summed E-state index contributed by atoms with van der Waals surface area (Å²) in [6, 6.07) is 8.98. The van der Waals surface area contributed by atoms with Gasteiger partial charge in [-0.05, 0) is 39.3 Å². The lowest BCUT2D eigenvalue weighted by atomic mass is 10.1. The Morgan fingerprint density at radius 2 is 1.64 bits per heavy atom. The normalized spacial score (nSPS) is 10.5. The number of pyridine rings is 1. The van der Waals surface area contributed by atoms with Crippen LogP contribution in [0.2, 0.25) is 0 Å². The van der Waals surface area contributed by atoms with Gasteiger partial charge in [0.25, 0.3) is 5.56 Å². The topological polar surface area (TPSA) is 56.1 Å². The van der Waals surface area contributed by atoms with Crippen molar-refractivity contribution in [2.75, 3.05) is 0 Å². The van der Waals surface area contributed by atoms with Gasteiger partial charge in [0.05, 0.1) is 12.1 Å². The van der Waals surface area contributed by atoms with Crippen LogP contribution in [-0.4, -0.2) is 16.1 Å². The molecule has 2 aromatic rings. The maximum absolute atomic E-state index is 12.5. The summed E-state index contributed by atoms with van der Waals surface area (Å²) in [7, 11) is 0. The number of rotatable bonds is 4. The van der Waals surface area contributed by atoms with E-state index in [1.54, 1.807) is 32.0 Å². The Labute approximate surface area is 129 Å². The number of aryl methyl sites for hydroxylation is 3. The smallest absolute Gasteiger partial charge is 0.262 e. The van der Waals surface area contributed by atoms with Gasteiger partial charge in [-0.25, -0.2) is 0 Å². The molecule has 1 heterocycles. The average molecular weight is 297 g/mol. The van der Waals surface area contributed by atoms with E-state index in [2.05, 4.69) is 0 Å². The van der Waals surface area contributed by atoms with E-state index in [0.717, 1.165) is 5.56 Å². The molecule has 4 nitrogen and oxygen atoms in total. The van der Waals surface area contributed by atoms with Gasteiger partial charge in [0.2, 0.25) is 0 Å². The van der Waals surface area contributed by atoms with Crippen LogP contribution in [0.4, 0.5) is 0 Å². The van der Waals surface area contributed by atoms with Crippen LogP contribution < -0.4 is 5.56 Å². The van der Waals surface area contributed by atoms with E-state index in [0.29, 0.717) is 16.8 Å². The Morgan fingerprint density at radius 1 is 1.05 bits per heavy atom. The van der Waals surface area contributed by atoms with Gasteiger partial charge in [-0.15, -0.1) is 0 Å². The predicted octanol–water partition coefficient (Wildman–Crippen LogP) is 2.86. The Morgan fingerprint density at radius 3 is 2.18 bits per heavy atom. The third kappa shape index (κ3) is 3.06. The summed E-state index contributed by atoms with van der Waals surface area (Å²) in [5.74, 6) is -0.428. The SMILES string of the molecule is CC(=O)c1c(C)cc(C)n(CC(=O)c2ccc(C)cc2)c1=O. The molecule has 0 bridgehead atoms. The molecule has 0 saturated carbocycles. The molecular weight excluding hydrogens is 278 g/mol. The molecule has 0 amide bonds. The van der Waals surface area contributed by atoms with E-state index < -0.39 is 5.56 Å². The van der Waals surface area contributed by atoms with Gasteiger partial charge < -0.3 is 4.57 Å². The molecule has 22 heavy (non-hydrogen) atoms. The fraction of sp³-hybridized carbons (Fsp3) is 0.278. The first kappa shape index (κ1) is 15.9. The van der Waals surface area contributed by atoms with Crippen LogP contribution in [0.3, 0.4) is 0 Å². The van der Waals surface area contributed by atoms with E-state index in [1.165, 1.54) is 11.5 Å². The van der Waals surface area contributed by atoms with Gasteiger partial charge in [0.1, 0.15) is 0 Å². The first-order valence-electron chi connectivity index (χ1n) is 7.13. The van der Waals surface area contributed by atoms with E-state index in [1.807, 2.05) is 19.1 Å². The average Bonchev–Trinajstić information content (AvgIpc) is 2.43. The van der Waals surface area contributed by atoms with Crippen LogP contribution >= 0.6 is 0 Å². The van der Waals surface area contributed by atoms with Crippen molar-refractivity contribution in [3.63, 3.8) is 0 Å². The largest absolute Gasteiger partial charge is 0.304 e. The predicted molar refractivity (Wildman–Crippen MR) is 85.7 cm³/mol. The van der Waals surface area contributed by atoms with Crippen LogP contribution in [0.15, 0.2) is 35.1 Å². The van der Waals surface area contributed by atoms with Crippen LogP contribution in [-0.2, 0) is 6.54 Å². The van der Waals surface area contributed by atoms with E-state index >= 15 is 0 Å². The van der Waals surface area contributed by atoms with Crippen LogP contribution in [0.25, 0.3) is 0 Å². The van der Waals surface area contributed by atoms with Crippen molar-refractivity contribution in [2.24, 2.45) is 0 Å². The number of hydrogen-bond donors (Lipinski definition) is 0. The highest BCUT2D eigenvalue weighted by Crippen LogP contribution is 2.10. The number of carbonyl (C=O) groups excluding carboxylic acids is 2. The molecule has 0 unspecified atom stereocenters. The zero-order chi connectivity index (χ0) is 16.4. The molecule has 1 aromatic carbocycles. The Balaban J connectivity index is 2.43. The minimum atomic E-state index is -0.398. The molecule has 1 aromatic heterocycles. The molecule has 0 aliphatic carbocycles. The molecule has 0 N–H and O–H groups in total. The van der Waals surface area contributed by atoms with Crippen LogP contribution in [0.5, 0.6) is 0 Å². The number of ketones is 2. The van der Waals surface area contributed by atoms with E-state index in [4.69, 9.17) is 0 Å². The number of nitrogens with zero attached hydrogens (tertiary/aromatic N) is 1.